The third kappa shape index (κ3) is 2.40. The smallest absolute Gasteiger partial charge is 0.276 e. The van der Waals surface area contributed by atoms with Gasteiger partial charge < -0.3 is 9.84 Å². The fourth-order valence-electron chi connectivity index (χ4n) is 1.20. The van der Waals surface area contributed by atoms with Crippen molar-refractivity contribution in [3.05, 3.63) is 30.0 Å². The molecule has 0 spiro atoms. The highest BCUT2D eigenvalue weighted by atomic mass is 19.1. The van der Waals surface area contributed by atoms with Crippen molar-refractivity contribution in [1.82, 2.24) is 20.4 Å². The van der Waals surface area contributed by atoms with Crippen molar-refractivity contribution in [2.45, 2.75) is 6.42 Å². The van der Waals surface area contributed by atoms with Crippen LogP contribution in [0.3, 0.4) is 0 Å². The number of aromatic nitrogens is 3. The lowest BCUT2D eigenvalue weighted by Crippen LogP contribution is -2.11. The Balaban J connectivity index is 2.15. The summed E-state index contributed by atoms with van der Waals surface area (Å²) in [6.45, 7) is 0.774. The Morgan fingerprint density at radius 1 is 1.44 bits per heavy atom. The average molecular weight is 222 g/mol. The molecular formula is C10H11FN4O. The molecule has 0 saturated heterocycles. The van der Waals surface area contributed by atoms with Crippen molar-refractivity contribution < 1.29 is 8.91 Å². The van der Waals surface area contributed by atoms with Gasteiger partial charge in [-0.2, -0.15) is 4.98 Å². The van der Waals surface area contributed by atoms with Crippen LogP contribution in [0.25, 0.3) is 11.6 Å². The van der Waals surface area contributed by atoms with Gasteiger partial charge in [0.2, 0.25) is 0 Å². The van der Waals surface area contributed by atoms with Gasteiger partial charge in [0, 0.05) is 13.0 Å². The molecule has 5 nitrogen and oxygen atoms in total. The highest BCUT2D eigenvalue weighted by Gasteiger charge is 2.09. The molecule has 0 bridgehead atoms. The SMILES string of the molecule is CNCCc1noc(-c2ccc(F)cn2)n1. The molecule has 0 fully saturated rings. The van der Waals surface area contributed by atoms with Crippen LogP contribution in [0.5, 0.6) is 0 Å². The minimum Gasteiger partial charge on any atom is -0.332 e. The minimum atomic E-state index is -0.390. The zero-order valence-corrected chi connectivity index (χ0v) is 8.77. The molecule has 2 aromatic heterocycles. The van der Waals surface area contributed by atoms with Crippen LogP contribution in [-0.4, -0.2) is 28.7 Å². The third-order valence-corrected chi connectivity index (χ3v) is 2.01. The summed E-state index contributed by atoms with van der Waals surface area (Å²) >= 11 is 0. The van der Waals surface area contributed by atoms with Crippen LogP contribution in [0.2, 0.25) is 0 Å². The molecule has 16 heavy (non-hydrogen) atoms. The molecule has 0 radical (unpaired) electrons. The maximum atomic E-state index is 12.6. The summed E-state index contributed by atoms with van der Waals surface area (Å²) in [6, 6.07) is 2.81. The van der Waals surface area contributed by atoms with E-state index in [0.717, 1.165) is 12.7 Å². The van der Waals surface area contributed by atoms with Crippen LogP contribution in [0, 0.1) is 5.82 Å². The van der Waals surface area contributed by atoms with Crippen LogP contribution >= 0.6 is 0 Å². The summed E-state index contributed by atoms with van der Waals surface area (Å²) in [6.07, 6.45) is 1.80. The average Bonchev–Trinajstić information content (AvgIpc) is 2.76. The Bertz CT molecular complexity index is 454. The molecule has 0 aromatic carbocycles. The van der Waals surface area contributed by atoms with Gasteiger partial charge in [-0.05, 0) is 19.2 Å². The van der Waals surface area contributed by atoms with Crippen molar-refractivity contribution >= 4 is 0 Å². The van der Waals surface area contributed by atoms with Crippen LogP contribution in [0.1, 0.15) is 5.82 Å². The standard InChI is InChI=1S/C10H11FN4O/c1-12-5-4-9-14-10(16-15-9)8-3-2-7(11)6-13-8/h2-3,6,12H,4-5H2,1H3. The highest BCUT2D eigenvalue weighted by molar-refractivity contribution is 5.45. The van der Waals surface area contributed by atoms with Crippen molar-refractivity contribution in [1.29, 1.82) is 0 Å². The van der Waals surface area contributed by atoms with Crippen LogP contribution in [0.4, 0.5) is 4.39 Å². The third-order valence-electron chi connectivity index (χ3n) is 2.01. The van der Waals surface area contributed by atoms with E-state index in [9.17, 15) is 4.39 Å². The molecule has 0 atom stereocenters. The molecule has 1 N–H and O–H groups in total. The molecule has 6 heteroatoms. The van der Waals surface area contributed by atoms with Gasteiger partial charge in [-0.25, -0.2) is 9.37 Å². The molecule has 0 aliphatic carbocycles. The van der Waals surface area contributed by atoms with Gasteiger partial charge in [0.05, 0.1) is 6.20 Å². The van der Waals surface area contributed by atoms with Crippen molar-refractivity contribution in [3.8, 4) is 11.6 Å². The topological polar surface area (TPSA) is 63.8 Å². The van der Waals surface area contributed by atoms with Gasteiger partial charge in [-0.1, -0.05) is 5.16 Å². The number of nitrogens with one attached hydrogen (secondary N) is 1. The molecule has 0 unspecified atom stereocenters. The first-order valence-electron chi connectivity index (χ1n) is 4.88. The van der Waals surface area contributed by atoms with E-state index in [4.69, 9.17) is 4.52 Å². The van der Waals surface area contributed by atoms with Crippen LogP contribution in [-0.2, 0) is 6.42 Å². The summed E-state index contributed by atoms with van der Waals surface area (Å²) in [4.78, 5) is 8.00. The Kier molecular flexibility index (Phi) is 3.21. The first kappa shape index (κ1) is 10.7. The number of pyridine rings is 1. The quantitative estimate of drug-likeness (QED) is 0.837. The second-order valence-corrected chi connectivity index (χ2v) is 3.23. The molecule has 2 rings (SSSR count). The zero-order valence-electron chi connectivity index (χ0n) is 8.77. The molecule has 0 aliphatic heterocycles. The predicted octanol–water partition coefficient (Wildman–Crippen LogP) is 1.03. The molecule has 2 aromatic rings. The Morgan fingerprint density at radius 2 is 2.31 bits per heavy atom. The number of hydrogen-bond acceptors (Lipinski definition) is 5. The van der Waals surface area contributed by atoms with Gasteiger partial charge >= 0.3 is 0 Å². The molecule has 84 valence electrons. The lowest BCUT2D eigenvalue weighted by atomic mass is 10.3. The van der Waals surface area contributed by atoms with E-state index in [1.807, 2.05) is 7.05 Å². The van der Waals surface area contributed by atoms with Gasteiger partial charge in [0.15, 0.2) is 5.82 Å². The van der Waals surface area contributed by atoms with E-state index in [-0.39, 0.29) is 0 Å². The first-order chi connectivity index (χ1) is 7.79. The minimum absolute atomic E-state index is 0.311. The summed E-state index contributed by atoms with van der Waals surface area (Å²) < 4.78 is 17.7. The van der Waals surface area contributed by atoms with Crippen molar-refractivity contribution in [2.75, 3.05) is 13.6 Å². The number of hydrogen-bond donors (Lipinski definition) is 1. The van der Waals surface area contributed by atoms with E-state index in [1.54, 1.807) is 0 Å². The van der Waals surface area contributed by atoms with Crippen molar-refractivity contribution in [2.24, 2.45) is 0 Å². The predicted molar refractivity (Wildman–Crippen MR) is 55.1 cm³/mol. The molecule has 0 aliphatic rings. The summed E-state index contributed by atoms with van der Waals surface area (Å²) in [5.41, 5.74) is 0.476. The van der Waals surface area contributed by atoms with Crippen LogP contribution < -0.4 is 5.32 Å². The lowest BCUT2D eigenvalue weighted by molar-refractivity contribution is 0.420. The van der Waals surface area contributed by atoms with Crippen molar-refractivity contribution in [3.63, 3.8) is 0 Å². The highest BCUT2D eigenvalue weighted by Crippen LogP contribution is 2.14. The van der Waals surface area contributed by atoms with Gasteiger partial charge in [-0.15, -0.1) is 0 Å². The summed E-state index contributed by atoms with van der Waals surface area (Å²) in [5, 5.41) is 6.78. The maximum Gasteiger partial charge on any atom is 0.276 e. The van der Waals surface area contributed by atoms with Gasteiger partial charge in [-0.3, -0.25) is 0 Å². The lowest BCUT2D eigenvalue weighted by Gasteiger charge is -1.92. The van der Waals surface area contributed by atoms with Gasteiger partial charge in [0.1, 0.15) is 11.5 Å². The van der Waals surface area contributed by atoms with E-state index < -0.39 is 5.82 Å². The van der Waals surface area contributed by atoms with E-state index in [1.165, 1.54) is 12.1 Å². The fourth-order valence-corrected chi connectivity index (χ4v) is 1.20. The first-order valence-corrected chi connectivity index (χ1v) is 4.88. The largest absolute Gasteiger partial charge is 0.332 e. The molecule has 0 saturated carbocycles. The second-order valence-electron chi connectivity index (χ2n) is 3.23. The zero-order chi connectivity index (χ0) is 11.4. The molecular weight excluding hydrogens is 211 g/mol. The fraction of sp³-hybridized carbons (Fsp3) is 0.300. The molecule has 2 heterocycles. The normalized spacial score (nSPS) is 10.6. The number of halogens is 1. The Hall–Kier alpha value is -1.82. The number of nitrogens with zero attached hydrogens (tertiary/aromatic N) is 3. The van der Waals surface area contributed by atoms with Crippen LogP contribution in [0.15, 0.2) is 22.9 Å². The summed E-state index contributed by atoms with van der Waals surface area (Å²) in [7, 11) is 1.85. The Labute approximate surface area is 91.7 Å². The number of rotatable bonds is 4. The monoisotopic (exact) mass is 222 g/mol. The second kappa shape index (κ2) is 4.80. The van der Waals surface area contributed by atoms with E-state index >= 15 is 0 Å². The summed E-state index contributed by atoms with van der Waals surface area (Å²) in [5.74, 6) is 0.528. The van der Waals surface area contributed by atoms with E-state index in [0.29, 0.717) is 23.8 Å². The van der Waals surface area contributed by atoms with E-state index in [2.05, 4.69) is 20.4 Å². The van der Waals surface area contributed by atoms with Gasteiger partial charge in [0.25, 0.3) is 5.89 Å². The molecule has 0 amide bonds. The number of likely N-dealkylation sites (N-methyl/N-ethyl adjacent to an activating group) is 1. The Morgan fingerprint density at radius 3 is 3.00 bits per heavy atom. The maximum absolute atomic E-state index is 12.6.